The van der Waals surface area contributed by atoms with Gasteiger partial charge in [-0.15, -0.1) is 0 Å². The summed E-state index contributed by atoms with van der Waals surface area (Å²) in [6.07, 6.45) is 0.507. The van der Waals surface area contributed by atoms with Gasteiger partial charge in [-0.1, -0.05) is 6.42 Å². The first kappa shape index (κ1) is 21.2. The van der Waals surface area contributed by atoms with E-state index in [1.165, 1.54) is 14.0 Å². The maximum Gasteiger partial charge on any atom is 0.219 e. The van der Waals surface area contributed by atoms with Crippen LogP contribution in [0.25, 0.3) is 0 Å². The summed E-state index contributed by atoms with van der Waals surface area (Å²) in [5, 5.41) is 21.1. The number of methoxy groups -OCH3 is 1. The first-order chi connectivity index (χ1) is 10.1. The molecule has 2 N–H and O–H groups in total. The van der Waals surface area contributed by atoms with E-state index in [0.717, 1.165) is 0 Å². The van der Waals surface area contributed by atoms with Gasteiger partial charge in [0, 0.05) is 13.5 Å². The Bertz CT molecular complexity index is 411. The van der Waals surface area contributed by atoms with Gasteiger partial charge in [0.25, 0.3) is 0 Å². The Balaban J connectivity index is 5.05. The molecule has 7 heteroatoms. The van der Waals surface area contributed by atoms with Gasteiger partial charge in [-0.05, 0) is 39.4 Å². The fourth-order valence-electron chi connectivity index (χ4n) is 2.06. The Morgan fingerprint density at radius 2 is 1.91 bits per heavy atom. The van der Waals surface area contributed by atoms with Crippen LogP contribution < -0.4 is 0 Å². The lowest BCUT2D eigenvalue weighted by atomic mass is 9.97. The number of ether oxygens (including phenoxy) is 1. The number of carbonyl (C=O) groups is 1. The standard InChI is InChI=1S/C15H28O6Si/c1-12(17)8-6-7-9-14(18)15(19,21-22(3,4)5)13(10-16)11-20-2/h14,18-19H,6-9,11H2,1-5H3. The first-order valence-corrected chi connectivity index (χ1v) is 10.8. The van der Waals surface area contributed by atoms with Crippen molar-refractivity contribution in [1.82, 2.24) is 0 Å². The van der Waals surface area contributed by atoms with Crippen LogP contribution in [0.2, 0.25) is 19.6 Å². The second-order valence-corrected chi connectivity index (χ2v) is 10.8. The van der Waals surface area contributed by atoms with Crippen molar-refractivity contribution in [3.8, 4) is 0 Å². The summed E-state index contributed by atoms with van der Waals surface area (Å²) in [4.78, 5) is 22.0. The summed E-state index contributed by atoms with van der Waals surface area (Å²) >= 11 is 0. The highest BCUT2D eigenvalue weighted by molar-refractivity contribution is 6.69. The van der Waals surface area contributed by atoms with E-state index < -0.39 is 20.2 Å². The van der Waals surface area contributed by atoms with Crippen molar-refractivity contribution in [2.75, 3.05) is 13.7 Å². The molecule has 22 heavy (non-hydrogen) atoms. The quantitative estimate of drug-likeness (QED) is 0.257. The van der Waals surface area contributed by atoms with Gasteiger partial charge in [0.2, 0.25) is 5.79 Å². The zero-order valence-electron chi connectivity index (χ0n) is 14.1. The Morgan fingerprint density at radius 1 is 1.32 bits per heavy atom. The molecule has 6 nitrogen and oxygen atoms in total. The lowest BCUT2D eigenvalue weighted by Crippen LogP contribution is -2.53. The molecule has 0 aliphatic rings. The van der Waals surface area contributed by atoms with E-state index in [1.807, 2.05) is 19.6 Å². The number of hydrogen-bond donors (Lipinski definition) is 2. The lowest BCUT2D eigenvalue weighted by Gasteiger charge is -2.38. The molecule has 0 aromatic carbocycles. The van der Waals surface area contributed by atoms with Crippen molar-refractivity contribution in [3.63, 3.8) is 0 Å². The number of Topliss-reactive ketones (excluding diaryl/α,β-unsaturated/α-hetero) is 1. The smallest absolute Gasteiger partial charge is 0.219 e. The first-order valence-electron chi connectivity index (χ1n) is 7.40. The third-order valence-electron chi connectivity index (χ3n) is 3.01. The largest absolute Gasteiger partial charge is 0.387 e. The van der Waals surface area contributed by atoms with Crippen LogP contribution in [0.4, 0.5) is 0 Å². The molecule has 128 valence electrons. The molecule has 2 atom stereocenters. The minimum absolute atomic E-state index is 0.0796. The molecular weight excluding hydrogens is 304 g/mol. The van der Waals surface area contributed by atoms with Gasteiger partial charge in [0.1, 0.15) is 17.8 Å². The van der Waals surface area contributed by atoms with Gasteiger partial charge >= 0.3 is 0 Å². The summed E-state index contributed by atoms with van der Waals surface area (Å²) in [5.41, 5.74) is -0.156. The molecule has 0 aliphatic heterocycles. The highest BCUT2D eigenvalue weighted by Crippen LogP contribution is 2.29. The summed E-state index contributed by atoms with van der Waals surface area (Å²) in [7, 11) is -0.868. The fraction of sp³-hybridized carbons (Fsp3) is 0.800. The third kappa shape index (κ3) is 7.44. The van der Waals surface area contributed by atoms with Crippen LogP contribution in [-0.4, -0.2) is 55.9 Å². The molecule has 0 amide bonds. The molecule has 2 unspecified atom stereocenters. The molecule has 0 rings (SSSR count). The Hall–Kier alpha value is -0.823. The van der Waals surface area contributed by atoms with Crippen molar-refractivity contribution < 1.29 is 29.0 Å². The highest BCUT2D eigenvalue weighted by Gasteiger charge is 2.44. The minimum Gasteiger partial charge on any atom is -0.387 e. The topological polar surface area (TPSA) is 93.1 Å². The van der Waals surface area contributed by atoms with Crippen LogP contribution in [-0.2, 0) is 18.8 Å². The van der Waals surface area contributed by atoms with Gasteiger partial charge in [0.15, 0.2) is 8.32 Å². The van der Waals surface area contributed by atoms with Gasteiger partial charge in [0.05, 0.1) is 12.2 Å². The number of hydrogen-bond acceptors (Lipinski definition) is 6. The Morgan fingerprint density at radius 3 is 2.32 bits per heavy atom. The van der Waals surface area contributed by atoms with E-state index >= 15 is 0 Å². The number of unbranched alkanes of at least 4 members (excludes halogenated alkanes) is 1. The van der Waals surface area contributed by atoms with Crippen LogP contribution in [0.1, 0.15) is 32.6 Å². The average molecular weight is 332 g/mol. The van der Waals surface area contributed by atoms with Crippen LogP contribution in [0.3, 0.4) is 0 Å². The van der Waals surface area contributed by atoms with Gasteiger partial charge < -0.3 is 24.2 Å². The van der Waals surface area contributed by atoms with Crippen molar-refractivity contribution in [1.29, 1.82) is 0 Å². The summed E-state index contributed by atoms with van der Waals surface area (Å²) in [6, 6.07) is 0. The zero-order chi connectivity index (χ0) is 17.4. The highest BCUT2D eigenvalue weighted by atomic mass is 28.4. The van der Waals surface area contributed by atoms with Gasteiger partial charge in [-0.3, -0.25) is 0 Å². The predicted molar refractivity (Wildman–Crippen MR) is 85.6 cm³/mol. The van der Waals surface area contributed by atoms with E-state index in [-0.39, 0.29) is 24.4 Å². The average Bonchev–Trinajstić information content (AvgIpc) is 2.38. The monoisotopic (exact) mass is 332 g/mol. The predicted octanol–water partition coefficient (Wildman–Crippen LogP) is 1.44. The zero-order valence-corrected chi connectivity index (χ0v) is 15.1. The molecule has 0 aromatic heterocycles. The maximum absolute atomic E-state index is 11.1. The Labute approximate surface area is 133 Å². The molecule has 0 radical (unpaired) electrons. The van der Waals surface area contributed by atoms with Crippen LogP contribution in [0.5, 0.6) is 0 Å². The normalized spacial score (nSPS) is 15.8. The Kier molecular flexibility index (Phi) is 9.00. The number of aliphatic hydroxyl groups is 2. The molecule has 0 saturated heterocycles. The van der Waals surface area contributed by atoms with E-state index in [0.29, 0.717) is 19.3 Å². The fourth-order valence-corrected chi connectivity index (χ4v) is 3.25. The van der Waals surface area contributed by atoms with E-state index in [1.54, 1.807) is 5.94 Å². The molecule has 0 bridgehead atoms. The van der Waals surface area contributed by atoms with Crippen LogP contribution in [0.15, 0.2) is 5.57 Å². The van der Waals surface area contributed by atoms with Crippen molar-refractivity contribution in [2.45, 2.75) is 64.1 Å². The lowest BCUT2D eigenvalue weighted by molar-refractivity contribution is -0.188. The number of ketones is 1. The second-order valence-electron chi connectivity index (χ2n) is 6.39. The number of aliphatic hydroxyl groups excluding tert-OH is 1. The number of rotatable bonds is 11. The minimum atomic E-state index is -2.25. The summed E-state index contributed by atoms with van der Waals surface area (Å²) in [5.74, 6) is -0.389. The summed E-state index contributed by atoms with van der Waals surface area (Å²) in [6.45, 7) is 6.86. The third-order valence-corrected chi connectivity index (χ3v) is 3.94. The molecule has 0 spiro atoms. The maximum atomic E-state index is 11.1. The molecule has 0 aliphatic carbocycles. The van der Waals surface area contributed by atoms with Crippen LogP contribution in [0, 0.1) is 0 Å². The molecule has 0 saturated carbocycles. The van der Waals surface area contributed by atoms with Crippen LogP contribution >= 0.6 is 0 Å². The molecule has 0 heterocycles. The van der Waals surface area contributed by atoms with Crippen molar-refractivity contribution in [2.24, 2.45) is 0 Å². The van der Waals surface area contributed by atoms with Crippen molar-refractivity contribution in [3.05, 3.63) is 5.57 Å². The summed E-state index contributed by atoms with van der Waals surface area (Å²) < 4.78 is 10.6. The molecule has 0 aromatic rings. The van der Waals surface area contributed by atoms with E-state index in [4.69, 9.17) is 9.16 Å². The van der Waals surface area contributed by atoms with Crippen molar-refractivity contribution >= 4 is 20.0 Å². The van der Waals surface area contributed by atoms with Gasteiger partial charge in [-0.25, -0.2) is 4.79 Å². The molecular formula is C15H28O6Si. The molecule has 0 fully saturated rings. The second kappa shape index (κ2) is 9.35. The number of carbonyl (C=O) groups excluding carboxylic acids is 2. The van der Waals surface area contributed by atoms with E-state index in [9.17, 15) is 19.8 Å². The van der Waals surface area contributed by atoms with Gasteiger partial charge in [-0.2, -0.15) is 0 Å². The van der Waals surface area contributed by atoms with E-state index in [2.05, 4.69) is 0 Å². The SMILES string of the molecule is COCC(=C=O)C(O)(O[Si](C)(C)C)C(O)CCCCC(C)=O.